The smallest absolute Gasteiger partial charge is 0.262 e. The maximum absolute atomic E-state index is 13.6. The lowest BCUT2D eigenvalue weighted by molar-refractivity contribution is -0.130. The number of piperidine rings is 1. The Morgan fingerprint density at radius 1 is 1.11 bits per heavy atom. The number of carbonyl (C=O) groups excluding carboxylic acids is 1. The number of nitrogens with zero attached hydrogens (tertiary/aromatic N) is 3. The van der Waals surface area contributed by atoms with Crippen molar-refractivity contribution in [3.8, 4) is 17.2 Å². The molecule has 2 aromatic carbocycles. The van der Waals surface area contributed by atoms with Gasteiger partial charge in [-0.25, -0.2) is 4.98 Å². The number of hydrogen-bond donors (Lipinski definition) is 0. The van der Waals surface area contributed by atoms with Crippen molar-refractivity contribution in [2.24, 2.45) is 11.8 Å². The van der Waals surface area contributed by atoms with Crippen LogP contribution in [0.15, 0.2) is 46.3 Å². The Balaban J connectivity index is 1.47. The van der Waals surface area contributed by atoms with Gasteiger partial charge in [-0.3, -0.25) is 14.2 Å². The minimum atomic E-state index is -0.181. The third kappa shape index (κ3) is 4.96. The van der Waals surface area contributed by atoms with Gasteiger partial charge in [0.1, 0.15) is 5.75 Å². The molecule has 2 aliphatic rings. The molecule has 2 aliphatic heterocycles. The lowest BCUT2D eigenvalue weighted by atomic mass is 9.92. The van der Waals surface area contributed by atoms with Crippen molar-refractivity contribution in [2.45, 2.75) is 32.0 Å². The summed E-state index contributed by atoms with van der Waals surface area (Å²) in [6, 6.07) is 11.0. The highest BCUT2D eigenvalue weighted by Crippen LogP contribution is 2.35. The molecule has 0 aliphatic carbocycles. The van der Waals surface area contributed by atoms with Gasteiger partial charge < -0.3 is 19.1 Å². The van der Waals surface area contributed by atoms with E-state index in [4.69, 9.17) is 19.2 Å². The van der Waals surface area contributed by atoms with Gasteiger partial charge in [-0.2, -0.15) is 0 Å². The van der Waals surface area contributed by atoms with Crippen molar-refractivity contribution in [2.75, 3.05) is 32.7 Å². The van der Waals surface area contributed by atoms with Gasteiger partial charge in [-0.1, -0.05) is 37.7 Å². The molecule has 2 atom stereocenters. The van der Waals surface area contributed by atoms with Crippen LogP contribution in [-0.2, 0) is 11.3 Å². The van der Waals surface area contributed by atoms with Gasteiger partial charge in [0.2, 0.25) is 12.7 Å². The fraction of sp³-hybridized carbons (Fsp3) is 0.423. The van der Waals surface area contributed by atoms with E-state index in [-0.39, 0.29) is 24.0 Å². The molecule has 35 heavy (non-hydrogen) atoms. The van der Waals surface area contributed by atoms with Crippen molar-refractivity contribution >= 4 is 28.6 Å². The largest absolute Gasteiger partial charge is 0.497 e. The summed E-state index contributed by atoms with van der Waals surface area (Å²) in [5.41, 5.74) is 1.28. The number of carbonyl (C=O) groups is 1. The Morgan fingerprint density at radius 2 is 1.80 bits per heavy atom. The third-order valence-corrected chi connectivity index (χ3v) is 7.42. The molecule has 1 amide bonds. The number of likely N-dealkylation sites (tertiary alicyclic amines) is 1. The van der Waals surface area contributed by atoms with E-state index in [1.807, 2.05) is 29.2 Å². The molecule has 0 spiro atoms. The van der Waals surface area contributed by atoms with E-state index in [1.54, 1.807) is 23.8 Å². The van der Waals surface area contributed by atoms with E-state index in [0.717, 1.165) is 30.8 Å². The van der Waals surface area contributed by atoms with Crippen molar-refractivity contribution in [3.05, 3.63) is 52.3 Å². The van der Waals surface area contributed by atoms with Gasteiger partial charge in [0.05, 0.1) is 30.3 Å². The maximum atomic E-state index is 13.6. The van der Waals surface area contributed by atoms with Gasteiger partial charge in [0.15, 0.2) is 16.7 Å². The number of aromatic nitrogens is 2. The monoisotopic (exact) mass is 495 g/mol. The van der Waals surface area contributed by atoms with Gasteiger partial charge in [-0.05, 0) is 42.0 Å². The molecule has 1 fully saturated rings. The van der Waals surface area contributed by atoms with Crippen LogP contribution < -0.4 is 19.8 Å². The lowest BCUT2D eigenvalue weighted by Crippen LogP contribution is -2.43. The van der Waals surface area contributed by atoms with Crippen LogP contribution in [0.1, 0.15) is 25.8 Å². The zero-order valence-corrected chi connectivity index (χ0v) is 21.0. The Labute approximate surface area is 208 Å². The summed E-state index contributed by atoms with van der Waals surface area (Å²) < 4.78 is 17.8. The molecule has 0 N–H and O–H groups in total. The van der Waals surface area contributed by atoms with Crippen LogP contribution >= 0.6 is 11.8 Å². The Morgan fingerprint density at radius 3 is 2.49 bits per heavy atom. The van der Waals surface area contributed by atoms with Crippen LogP contribution in [0.4, 0.5) is 0 Å². The molecule has 3 heterocycles. The molecule has 0 bridgehead atoms. The van der Waals surface area contributed by atoms with Crippen LogP contribution in [0.5, 0.6) is 17.2 Å². The number of hydrogen-bond acceptors (Lipinski definition) is 7. The molecular formula is C26H29N3O5S. The molecule has 9 heteroatoms. The second-order valence-electron chi connectivity index (χ2n) is 9.39. The van der Waals surface area contributed by atoms with E-state index in [2.05, 4.69) is 13.8 Å². The molecule has 8 nitrogen and oxygen atoms in total. The zero-order valence-electron chi connectivity index (χ0n) is 20.2. The molecule has 0 saturated carbocycles. The van der Waals surface area contributed by atoms with Gasteiger partial charge in [0, 0.05) is 19.2 Å². The fourth-order valence-corrected chi connectivity index (χ4v) is 5.74. The molecule has 0 unspecified atom stereocenters. The first kappa shape index (κ1) is 23.5. The summed E-state index contributed by atoms with van der Waals surface area (Å²) in [4.78, 5) is 33.4. The second-order valence-corrected chi connectivity index (χ2v) is 10.3. The molecular weight excluding hydrogens is 466 g/mol. The summed E-state index contributed by atoms with van der Waals surface area (Å²) in [7, 11) is 1.62. The number of ether oxygens (including phenoxy) is 3. The minimum Gasteiger partial charge on any atom is -0.497 e. The minimum absolute atomic E-state index is 0.0735. The average Bonchev–Trinajstić information content (AvgIpc) is 3.31. The lowest BCUT2D eigenvalue weighted by Gasteiger charge is -2.35. The average molecular weight is 496 g/mol. The Hall–Kier alpha value is -3.20. The first-order chi connectivity index (χ1) is 16.9. The van der Waals surface area contributed by atoms with Crippen LogP contribution in [-0.4, -0.2) is 53.1 Å². The normalized spacial score (nSPS) is 19.2. The fourth-order valence-electron chi connectivity index (χ4n) is 4.84. The highest BCUT2D eigenvalue weighted by molar-refractivity contribution is 7.99. The van der Waals surface area contributed by atoms with Crippen LogP contribution in [0, 0.1) is 11.8 Å². The maximum Gasteiger partial charge on any atom is 0.262 e. The molecule has 5 rings (SSSR count). The van der Waals surface area contributed by atoms with Gasteiger partial charge >= 0.3 is 0 Å². The van der Waals surface area contributed by atoms with E-state index in [9.17, 15) is 9.59 Å². The summed E-state index contributed by atoms with van der Waals surface area (Å²) in [5, 5.41) is 0.959. The van der Waals surface area contributed by atoms with Gasteiger partial charge in [0.25, 0.3) is 5.56 Å². The number of methoxy groups -OCH3 is 1. The van der Waals surface area contributed by atoms with E-state index >= 15 is 0 Å². The molecule has 0 radical (unpaired) electrons. The number of fused-ring (bicyclic) bond motifs is 2. The Kier molecular flexibility index (Phi) is 6.60. The zero-order chi connectivity index (χ0) is 24.5. The van der Waals surface area contributed by atoms with E-state index < -0.39 is 0 Å². The summed E-state index contributed by atoms with van der Waals surface area (Å²) >= 11 is 1.30. The summed E-state index contributed by atoms with van der Waals surface area (Å²) in [5.74, 6) is 3.13. The predicted octanol–water partition coefficient (Wildman–Crippen LogP) is 3.78. The summed E-state index contributed by atoms with van der Waals surface area (Å²) in [6.45, 7) is 6.37. The first-order valence-corrected chi connectivity index (χ1v) is 12.8. The van der Waals surface area contributed by atoms with Crippen molar-refractivity contribution in [3.63, 3.8) is 0 Å². The quantitative estimate of drug-likeness (QED) is 0.380. The van der Waals surface area contributed by atoms with Gasteiger partial charge in [-0.15, -0.1) is 0 Å². The molecule has 1 saturated heterocycles. The Bertz CT molecular complexity index is 1300. The van der Waals surface area contributed by atoms with Crippen molar-refractivity contribution < 1.29 is 19.0 Å². The van der Waals surface area contributed by atoms with Crippen LogP contribution in [0.3, 0.4) is 0 Å². The van der Waals surface area contributed by atoms with Crippen LogP contribution in [0.25, 0.3) is 10.9 Å². The second kappa shape index (κ2) is 9.81. The van der Waals surface area contributed by atoms with E-state index in [0.29, 0.717) is 45.9 Å². The third-order valence-electron chi connectivity index (χ3n) is 6.46. The van der Waals surface area contributed by atoms with Crippen LogP contribution in [0.2, 0.25) is 0 Å². The standard InChI is InChI=1S/C26H29N3O5S/c1-16-8-17(2)12-28(11-16)24(30)14-35-26-27-21-10-23-22(33-15-34-23)9-20(21)25(31)29(26)13-18-4-6-19(32-3)7-5-18/h4-7,9-10,16-17H,8,11-15H2,1-3H3/t16-,17-/m1/s1. The predicted molar refractivity (Wildman–Crippen MR) is 134 cm³/mol. The number of rotatable bonds is 6. The SMILES string of the molecule is COc1ccc(Cn2c(SCC(=O)N3C[C@H](C)C[C@@H](C)C3)nc3cc4c(cc3c2=O)OCO4)cc1. The van der Waals surface area contributed by atoms with Crippen molar-refractivity contribution in [1.82, 2.24) is 14.5 Å². The summed E-state index contributed by atoms with van der Waals surface area (Å²) in [6.07, 6.45) is 1.14. The number of benzene rings is 2. The highest BCUT2D eigenvalue weighted by Gasteiger charge is 2.26. The molecule has 3 aromatic rings. The topological polar surface area (TPSA) is 82.9 Å². The van der Waals surface area contributed by atoms with Crippen molar-refractivity contribution in [1.29, 1.82) is 0 Å². The molecule has 184 valence electrons. The number of amides is 1. The van der Waals surface area contributed by atoms with E-state index in [1.165, 1.54) is 11.8 Å². The highest BCUT2D eigenvalue weighted by atomic mass is 32.2. The first-order valence-electron chi connectivity index (χ1n) is 11.8. The number of thioether (sulfide) groups is 1. The molecule has 1 aromatic heterocycles.